The van der Waals surface area contributed by atoms with Gasteiger partial charge in [0.25, 0.3) is 0 Å². The summed E-state index contributed by atoms with van der Waals surface area (Å²) in [4.78, 5) is 0. The normalized spacial score (nSPS) is 10.3. The summed E-state index contributed by atoms with van der Waals surface area (Å²) >= 11 is 5.95. The standard InChI is InChI=1S/C13H14ClNO2/c1-9-5-6-17-13(9)8-15-10-3-4-11(14)12(7-10)16-2/h3-7,15H,8H2,1-2H3. The van der Waals surface area contributed by atoms with E-state index in [-0.39, 0.29) is 0 Å². The maximum Gasteiger partial charge on any atom is 0.139 e. The van der Waals surface area contributed by atoms with E-state index in [9.17, 15) is 0 Å². The highest BCUT2D eigenvalue weighted by Gasteiger charge is 2.04. The van der Waals surface area contributed by atoms with Crippen LogP contribution in [0.1, 0.15) is 11.3 Å². The second kappa shape index (κ2) is 5.15. The molecule has 0 fully saturated rings. The number of nitrogens with one attached hydrogen (secondary N) is 1. The van der Waals surface area contributed by atoms with Crippen LogP contribution in [-0.4, -0.2) is 7.11 Å². The predicted octanol–water partition coefficient (Wildman–Crippen LogP) is 3.86. The molecule has 2 aromatic rings. The van der Waals surface area contributed by atoms with Crippen LogP contribution in [-0.2, 0) is 6.54 Å². The molecule has 0 aliphatic carbocycles. The van der Waals surface area contributed by atoms with Crippen LogP contribution in [0.25, 0.3) is 0 Å². The van der Waals surface area contributed by atoms with Gasteiger partial charge in [-0.2, -0.15) is 0 Å². The molecule has 1 heterocycles. The fraction of sp³-hybridized carbons (Fsp3) is 0.231. The van der Waals surface area contributed by atoms with Crippen LogP contribution in [0.4, 0.5) is 5.69 Å². The van der Waals surface area contributed by atoms with Crippen molar-refractivity contribution in [3.63, 3.8) is 0 Å². The van der Waals surface area contributed by atoms with E-state index in [0.29, 0.717) is 17.3 Å². The van der Waals surface area contributed by atoms with Crippen molar-refractivity contribution in [2.75, 3.05) is 12.4 Å². The number of halogens is 1. The topological polar surface area (TPSA) is 34.4 Å². The average Bonchev–Trinajstić information content (AvgIpc) is 2.74. The van der Waals surface area contributed by atoms with Crippen molar-refractivity contribution in [1.29, 1.82) is 0 Å². The summed E-state index contributed by atoms with van der Waals surface area (Å²) in [5.41, 5.74) is 2.08. The van der Waals surface area contributed by atoms with Crippen LogP contribution in [0.15, 0.2) is 34.9 Å². The molecule has 1 N–H and O–H groups in total. The third-order valence-corrected chi connectivity index (χ3v) is 2.88. The Bertz CT molecular complexity index is 508. The molecule has 0 amide bonds. The Hall–Kier alpha value is -1.61. The quantitative estimate of drug-likeness (QED) is 0.896. The largest absolute Gasteiger partial charge is 0.495 e. The fourth-order valence-corrected chi connectivity index (χ4v) is 1.73. The molecule has 0 aliphatic heterocycles. The molecule has 1 aromatic carbocycles. The van der Waals surface area contributed by atoms with Crippen molar-refractivity contribution in [3.8, 4) is 5.75 Å². The van der Waals surface area contributed by atoms with Crippen LogP contribution in [0.2, 0.25) is 5.02 Å². The first-order chi connectivity index (χ1) is 8.20. The van der Waals surface area contributed by atoms with E-state index in [1.165, 1.54) is 0 Å². The van der Waals surface area contributed by atoms with E-state index in [2.05, 4.69) is 5.32 Å². The summed E-state index contributed by atoms with van der Waals surface area (Å²) < 4.78 is 10.5. The first kappa shape index (κ1) is 11.9. The molecule has 17 heavy (non-hydrogen) atoms. The highest BCUT2D eigenvalue weighted by Crippen LogP contribution is 2.27. The van der Waals surface area contributed by atoms with Gasteiger partial charge in [-0.05, 0) is 30.7 Å². The molecule has 0 radical (unpaired) electrons. The molecule has 3 nitrogen and oxygen atoms in total. The molecule has 0 unspecified atom stereocenters. The summed E-state index contributed by atoms with van der Waals surface area (Å²) in [7, 11) is 1.60. The van der Waals surface area contributed by atoms with Crippen LogP contribution in [0.3, 0.4) is 0 Å². The van der Waals surface area contributed by atoms with Gasteiger partial charge in [-0.1, -0.05) is 11.6 Å². The van der Waals surface area contributed by atoms with E-state index < -0.39 is 0 Å². The Morgan fingerprint density at radius 2 is 2.18 bits per heavy atom. The van der Waals surface area contributed by atoms with Crippen molar-refractivity contribution in [3.05, 3.63) is 46.9 Å². The van der Waals surface area contributed by atoms with Crippen molar-refractivity contribution in [2.24, 2.45) is 0 Å². The molecule has 0 atom stereocenters. The number of anilines is 1. The van der Waals surface area contributed by atoms with E-state index >= 15 is 0 Å². The minimum absolute atomic E-state index is 0.604. The molecule has 0 saturated carbocycles. The SMILES string of the molecule is COc1cc(NCc2occc2C)ccc1Cl. The summed E-state index contributed by atoms with van der Waals surface area (Å²) in [6, 6.07) is 7.51. The first-order valence-corrected chi connectivity index (χ1v) is 5.69. The maximum atomic E-state index is 5.95. The number of furan rings is 1. The summed E-state index contributed by atoms with van der Waals surface area (Å²) in [6.45, 7) is 2.66. The monoisotopic (exact) mass is 251 g/mol. The summed E-state index contributed by atoms with van der Waals surface area (Å²) in [5.74, 6) is 1.59. The smallest absolute Gasteiger partial charge is 0.139 e. The number of ether oxygens (including phenoxy) is 1. The van der Waals surface area contributed by atoms with Gasteiger partial charge >= 0.3 is 0 Å². The zero-order valence-corrected chi connectivity index (χ0v) is 10.5. The Balaban J connectivity index is 2.07. The van der Waals surface area contributed by atoms with Crippen molar-refractivity contribution >= 4 is 17.3 Å². The van der Waals surface area contributed by atoms with Gasteiger partial charge in [-0.3, -0.25) is 0 Å². The minimum Gasteiger partial charge on any atom is -0.495 e. The summed E-state index contributed by atoms with van der Waals surface area (Å²) in [5, 5.41) is 3.86. The second-order valence-electron chi connectivity index (χ2n) is 3.73. The molecule has 0 spiro atoms. The van der Waals surface area contributed by atoms with E-state index in [4.69, 9.17) is 20.8 Å². The lowest BCUT2D eigenvalue weighted by atomic mass is 10.2. The molecule has 1 aromatic heterocycles. The third kappa shape index (κ3) is 2.74. The lowest BCUT2D eigenvalue weighted by molar-refractivity contribution is 0.415. The van der Waals surface area contributed by atoms with E-state index in [0.717, 1.165) is 17.0 Å². The summed E-state index contributed by atoms with van der Waals surface area (Å²) in [6.07, 6.45) is 1.69. The van der Waals surface area contributed by atoms with Crippen molar-refractivity contribution < 1.29 is 9.15 Å². The molecule has 0 saturated heterocycles. The van der Waals surface area contributed by atoms with Crippen LogP contribution in [0.5, 0.6) is 5.75 Å². The zero-order valence-electron chi connectivity index (χ0n) is 9.79. The zero-order chi connectivity index (χ0) is 12.3. The van der Waals surface area contributed by atoms with Crippen molar-refractivity contribution in [2.45, 2.75) is 13.5 Å². The fourth-order valence-electron chi connectivity index (χ4n) is 1.54. The number of hydrogen-bond donors (Lipinski definition) is 1. The van der Waals surface area contributed by atoms with Gasteiger partial charge in [-0.25, -0.2) is 0 Å². The average molecular weight is 252 g/mol. The Labute approximate surface area is 105 Å². The van der Waals surface area contributed by atoms with Gasteiger partial charge in [0.05, 0.1) is 24.9 Å². The highest BCUT2D eigenvalue weighted by molar-refractivity contribution is 6.32. The Kier molecular flexibility index (Phi) is 3.59. The molecular weight excluding hydrogens is 238 g/mol. The maximum absolute atomic E-state index is 5.95. The van der Waals surface area contributed by atoms with Gasteiger partial charge in [-0.15, -0.1) is 0 Å². The second-order valence-corrected chi connectivity index (χ2v) is 4.14. The molecule has 0 aliphatic rings. The molecule has 4 heteroatoms. The molecule has 0 bridgehead atoms. The third-order valence-electron chi connectivity index (χ3n) is 2.57. The van der Waals surface area contributed by atoms with Gasteiger partial charge in [0, 0.05) is 11.8 Å². The van der Waals surface area contributed by atoms with Crippen molar-refractivity contribution in [1.82, 2.24) is 0 Å². The predicted molar refractivity (Wildman–Crippen MR) is 68.8 cm³/mol. The van der Waals surface area contributed by atoms with Gasteiger partial charge in [0.15, 0.2) is 0 Å². The van der Waals surface area contributed by atoms with Gasteiger partial charge in [0.1, 0.15) is 11.5 Å². The van der Waals surface area contributed by atoms with Gasteiger partial charge in [0.2, 0.25) is 0 Å². The highest BCUT2D eigenvalue weighted by atomic mass is 35.5. The van der Waals surface area contributed by atoms with Crippen LogP contribution < -0.4 is 10.1 Å². The lowest BCUT2D eigenvalue weighted by Gasteiger charge is -2.08. The number of aryl methyl sites for hydroxylation is 1. The molecule has 2 rings (SSSR count). The number of hydrogen-bond acceptors (Lipinski definition) is 3. The lowest BCUT2D eigenvalue weighted by Crippen LogP contribution is -1.99. The van der Waals surface area contributed by atoms with E-state index in [1.807, 2.05) is 25.1 Å². The van der Waals surface area contributed by atoms with Crippen LogP contribution >= 0.6 is 11.6 Å². The molecule has 90 valence electrons. The van der Waals surface area contributed by atoms with Crippen LogP contribution in [0, 0.1) is 6.92 Å². The number of methoxy groups -OCH3 is 1. The minimum atomic E-state index is 0.604. The Morgan fingerprint density at radius 1 is 1.35 bits per heavy atom. The van der Waals surface area contributed by atoms with Gasteiger partial charge < -0.3 is 14.5 Å². The number of rotatable bonds is 4. The molecular formula is C13H14ClNO2. The van der Waals surface area contributed by atoms with E-state index in [1.54, 1.807) is 19.4 Å². The number of benzene rings is 1. The Morgan fingerprint density at radius 3 is 2.82 bits per heavy atom. The first-order valence-electron chi connectivity index (χ1n) is 5.31.